The Bertz CT molecular complexity index is 628. The van der Waals surface area contributed by atoms with Crippen molar-refractivity contribution in [1.29, 1.82) is 0 Å². The molecule has 2 rings (SSSR count). The lowest BCUT2D eigenvalue weighted by Gasteiger charge is -2.13. The molecule has 0 aliphatic heterocycles. The van der Waals surface area contributed by atoms with Crippen LogP contribution in [0, 0.1) is 0 Å². The number of carbonyl (C=O) groups excluding carboxylic acids is 1. The molecule has 0 fully saturated rings. The number of hydrogen-bond donors (Lipinski definition) is 3. The molecule has 0 spiro atoms. The fourth-order valence-corrected chi connectivity index (χ4v) is 2.01. The average Bonchev–Trinajstić information content (AvgIpc) is 2.54. The topological polar surface area (TPSA) is 103 Å². The van der Waals surface area contributed by atoms with Crippen LogP contribution < -0.4 is 21.5 Å². The Morgan fingerprint density at radius 2 is 2.14 bits per heavy atom. The molecule has 6 nitrogen and oxygen atoms in total. The van der Waals surface area contributed by atoms with Gasteiger partial charge in [-0.15, -0.1) is 0 Å². The van der Waals surface area contributed by atoms with Crippen molar-refractivity contribution < 1.29 is 9.53 Å². The Hall–Kier alpha value is -2.60. The van der Waals surface area contributed by atoms with E-state index in [9.17, 15) is 4.79 Å². The molecule has 0 bridgehead atoms. The Labute approximate surface area is 129 Å². The Balaban J connectivity index is 1.87. The first-order valence-corrected chi connectivity index (χ1v) is 6.95. The molecule has 0 saturated heterocycles. The molecule has 0 radical (unpaired) electrons. The number of nitrogen functional groups attached to an aromatic ring is 1. The number of hydrogen-bond acceptors (Lipinski definition) is 5. The molecule has 1 atom stereocenters. The van der Waals surface area contributed by atoms with E-state index in [2.05, 4.69) is 10.3 Å². The Kier molecular flexibility index (Phi) is 5.32. The number of nitrogens with two attached hydrogens (primary N) is 2. The number of carbonyl (C=O) groups is 1. The summed E-state index contributed by atoms with van der Waals surface area (Å²) < 4.78 is 5.15. The minimum atomic E-state index is -0.617. The van der Waals surface area contributed by atoms with Crippen molar-refractivity contribution in [1.82, 2.24) is 10.3 Å². The van der Waals surface area contributed by atoms with Crippen LogP contribution in [0.1, 0.15) is 11.1 Å². The highest BCUT2D eigenvalue weighted by Gasteiger charge is 2.14. The lowest BCUT2D eigenvalue weighted by molar-refractivity contribution is -0.122. The van der Waals surface area contributed by atoms with Gasteiger partial charge in [-0.25, -0.2) is 4.98 Å². The van der Waals surface area contributed by atoms with Gasteiger partial charge in [0.15, 0.2) is 0 Å². The standard InChI is InChI=1S/C16H20N4O2/c1-22-13-4-2-3-11(7-13)8-14(17)16(21)20-10-12-5-6-15(18)19-9-12/h2-7,9,14H,8,10,17H2,1H3,(H2,18,19)(H,20,21)/t14-/m0/s1. The van der Waals surface area contributed by atoms with Gasteiger partial charge in [0, 0.05) is 12.7 Å². The number of nitrogens with one attached hydrogen (secondary N) is 1. The van der Waals surface area contributed by atoms with E-state index in [1.807, 2.05) is 30.3 Å². The predicted octanol–water partition coefficient (Wildman–Crippen LogP) is 0.859. The van der Waals surface area contributed by atoms with E-state index in [0.717, 1.165) is 16.9 Å². The summed E-state index contributed by atoms with van der Waals surface area (Å²) in [7, 11) is 1.60. The maximum Gasteiger partial charge on any atom is 0.237 e. The quantitative estimate of drug-likeness (QED) is 0.734. The zero-order valence-corrected chi connectivity index (χ0v) is 12.5. The first-order chi connectivity index (χ1) is 10.6. The molecule has 6 heteroatoms. The third-order valence-electron chi connectivity index (χ3n) is 3.24. The number of pyridine rings is 1. The fourth-order valence-electron chi connectivity index (χ4n) is 2.01. The van der Waals surface area contributed by atoms with Gasteiger partial charge in [-0.3, -0.25) is 4.79 Å². The van der Waals surface area contributed by atoms with Crippen molar-refractivity contribution in [3.63, 3.8) is 0 Å². The number of amides is 1. The van der Waals surface area contributed by atoms with E-state index in [1.54, 1.807) is 19.4 Å². The molecule has 5 N–H and O–H groups in total. The average molecular weight is 300 g/mol. The van der Waals surface area contributed by atoms with Crippen LogP contribution in [0.15, 0.2) is 42.6 Å². The first-order valence-electron chi connectivity index (χ1n) is 6.95. The zero-order chi connectivity index (χ0) is 15.9. The maximum atomic E-state index is 12.0. The highest BCUT2D eigenvalue weighted by atomic mass is 16.5. The fraction of sp³-hybridized carbons (Fsp3) is 0.250. The van der Waals surface area contributed by atoms with Gasteiger partial charge in [-0.2, -0.15) is 0 Å². The summed E-state index contributed by atoms with van der Waals surface area (Å²) in [6.07, 6.45) is 2.08. The number of methoxy groups -OCH3 is 1. The summed E-state index contributed by atoms with van der Waals surface area (Å²) in [5.74, 6) is 0.988. The largest absolute Gasteiger partial charge is 0.497 e. The van der Waals surface area contributed by atoms with E-state index >= 15 is 0 Å². The first kappa shape index (κ1) is 15.8. The van der Waals surface area contributed by atoms with Crippen LogP contribution in [0.25, 0.3) is 0 Å². The van der Waals surface area contributed by atoms with Crippen LogP contribution in [-0.4, -0.2) is 24.0 Å². The van der Waals surface area contributed by atoms with Gasteiger partial charge in [-0.1, -0.05) is 18.2 Å². The minimum Gasteiger partial charge on any atom is -0.497 e. The van der Waals surface area contributed by atoms with Crippen LogP contribution in [0.2, 0.25) is 0 Å². The molecule has 1 heterocycles. The van der Waals surface area contributed by atoms with Gasteiger partial charge in [0.1, 0.15) is 11.6 Å². The van der Waals surface area contributed by atoms with Crippen LogP contribution in [-0.2, 0) is 17.8 Å². The normalized spacial score (nSPS) is 11.7. The smallest absolute Gasteiger partial charge is 0.237 e. The lowest BCUT2D eigenvalue weighted by Crippen LogP contribution is -2.41. The molecule has 0 aliphatic carbocycles. The number of benzene rings is 1. The summed E-state index contributed by atoms with van der Waals surface area (Å²) in [6.45, 7) is 0.373. The molecule has 116 valence electrons. The highest BCUT2D eigenvalue weighted by molar-refractivity contribution is 5.81. The van der Waals surface area contributed by atoms with Crippen LogP contribution >= 0.6 is 0 Å². The molecule has 1 aromatic carbocycles. The molecule has 0 unspecified atom stereocenters. The molecular formula is C16H20N4O2. The number of aromatic nitrogens is 1. The molecule has 0 saturated carbocycles. The second kappa shape index (κ2) is 7.42. The lowest BCUT2D eigenvalue weighted by atomic mass is 10.1. The van der Waals surface area contributed by atoms with Crippen LogP contribution in [0.3, 0.4) is 0 Å². The monoisotopic (exact) mass is 300 g/mol. The molecular weight excluding hydrogens is 280 g/mol. The van der Waals surface area contributed by atoms with Crippen LogP contribution in [0.5, 0.6) is 5.75 Å². The number of nitrogens with zero attached hydrogens (tertiary/aromatic N) is 1. The van der Waals surface area contributed by atoms with Crippen molar-refractivity contribution in [2.75, 3.05) is 12.8 Å². The molecule has 2 aromatic rings. The van der Waals surface area contributed by atoms with Crippen molar-refractivity contribution in [3.8, 4) is 5.75 Å². The summed E-state index contributed by atoms with van der Waals surface area (Å²) >= 11 is 0. The molecule has 1 amide bonds. The van der Waals surface area contributed by atoms with Crippen molar-refractivity contribution in [2.24, 2.45) is 5.73 Å². The Morgan fingerprint density at radius 3 is 2.82 bits per heavy atom. The summed E-state index contributed by atoms with van der Waals surface area (Å²) in [5, 5.41) is 2.79. The third-order valence-corrected chi connectivity index (χ3v) is 3.24. The number of rotatable bonds is 6. The summed E-state index contributed by atoms with van der Waals surface area (Å²) in [4.78, 5) is 16.0. The van der Waals surface area contributed by atoms with Gasteiger partial charge in [0.05, 0.1) is 13.2 Å². The number of ether oxygens (including phenoxy) is 1. The predicted molar refractivity (Wildman–Crippen MR) is 85.2 cm³/mol. The van der Waals surface area contributed by atoms with Crippen molar-refractivity contribution in [2.45, 2.75) is 19.0 Å². The van der Waals surface area contributed by atoms with E-state index in [1.165, 1.54) is 0 Å². The van der Waals surface area contributed by atoms with E-state index in [0.29, 0.717) is 18.8 Å². The third kappa shape index (κ3) is 4.46. The molecule has 1 aromatic heterocycles. The van der Waals surface area contributed by atoms with Gasteiger partial charge >= 0.3 is 0 Å². The number of anilines is 1. The van der Waals surface area contributed by atoms with Gasteiger partial charge in [-0.05, 0) is 35.7 Å². The van der Waals surface area contributed by atoms with E-state index < -0.39 is 6.04 Å². The van der Waals surface area contributed by atoms with Gasteiger partial charge < -0.3 is 21.5 Å². The minimum absolute atomic E-state index is 0.209. The van der Waals surface area contributed by atoms with E-state index in [4.69, 9.17) is 16.2 Å². The second-order valence-corrected chi connectivity index (χ2v) is 4.97. The Morgan fingerprint density at radius 1 is 1.32 bits per heavy atom. The van der Waals surface area contributed by atoms with Gasteiger partial charge in [0.25, 0.3) is 0 Å². The van der Waals surface area contributed by atoms with Crippen LogP contribution in [0.4, 0.5) is 5.82 Å². The van der Waals surface area contributed by atoms with E-state index in [-0.39, 0.29) is 5.91 Å². The SMILES string of the molecule is COc1cccc(C[C@H](N)C(=O)NCc2ccc(N)nc2)c1. The van der Waals surface area contributed by atoms with Crippen molar-refractivity contribution in [3.05, 3.63) is 53.7 Å². The summed E-state index contributed by atoms with van der Waals surface area (Å²) in [5.41, 5.74) is 13.3. The van der Waals surface area contributed by atoms with Gasteiger partial charge in [0.2, 0.25) is 5.91 Å². The highest BCUT2D eigenvalue weighted by Crippen LogP contribution is 2.13. The zero-order valence-electron chi connectivity index (χ0n) is 12.5. The second-order valence-electron chi connectivity index (χ2n) is 4.97. The molecule has 0 aliphatic rings. The summed E-state index contributed by atoms with van der Waals surface area (Å²) in [6, 6.07) is 10.4. The maximum absolute atomic E-state index is 12.0. The molecule has 22 heavy (non-hydrogen) atoms. The van der Waals surface area contributed by atoms with Crippen molar-refractivity contribution >= 4 is 11.7 Å².